The fraction of sp³-hybridized carbons (Fsp3) is 0. The van der Waals surface area contributed by atoms with Crippen LogP contribution in [-0.2, 0) is 10.0 Å². The molecule has 0 amide bonds. The average molecular weight is 349 g/mol. The van der Waals surface area contributed by atoms with Crippen molar-refractivity contribution >= 4 is 53.5 Å². The van der Waals surface area contributed by atoms with Gasteiger partial charge in [0, 0.05) is 4.47 Å². The van der Waals surface area contributed by atoms with E-state index in [9.17, 15) is 8.42 Å². The van der Waals surface area contributed by atoms with E-state index in [2.05, 4.69) is 31.9 Å². The maximum atomic E-state index is 11.0. The largest absolute Gasteiger partial charge is 0.239 e. The van der Waals surface area contributed by atoms with E-state index in [4.69, 9.17) is 16.7 Å². The number of benzene rings is 1. The van der Waals surface area contributed by atoms with Gasteiger partial charge in [-0.3, -0.25) is 0 Å². The van der Waals surface area contributed by atoms with Crippen molar-refractivity contribution in [2.75, 3.05) is 0 Å². The molecule has 0 unspecified atom stereocenters. The Bertz CT molecular complexity index is 446. The lowest BCUT2D eigenvalue weighted by Crippen LogP contribution is -2.12. The summed E-state index contributed by atoms with van der Waals surface area (Å²) in [5.41, 5.74) is 0. The second kappa shape index (κ2) is 3.86. The molecule has 0 radical (unpaired) electrons. The summed E-state index contributed by atoms with van der Waals surface area (Å²) < 4.78 is 22.9. The van der Waals surface area contributed by atoms with Crippen molar-refractivity contribution in [3.8, 4) is 0 Å². The van der Waals surface area contributed by atoms with Gasteiger partial charge in [-0.1, -0.05) is 27.5 Å². The molecule has 0 saturated heterocycles. The number of nitrogens with two attached hydrogens (primary N) is 1. The smallest absolute Gasteiger partial charge is 0.225 e. The first-order valence-corrected chi connectivity index (χ1v) is 6.51. The minimum Gasteiger partial charge on any atom is -0.225 e. The van der Waals surface area contributed by atoms with Gasteiger partial charge in [-0.05, 0) is 28.1 Å². The summed E-state index contributed by atoms with van der Waals surface area (Å²) in [5, 5.41) is 5.25. The summed E-state index contributed by atoms with van der Waals surface area (Å²) in [6.07, 6.45) is 0. The molecule has 0 aliphatic heterocycles. The molecule has 0 heterocycles. The molecule has 1 aromatic carbocycles. The van der Waals surface area contributed by atoms with Crippen LogP contribution < -0.4 is 5.14 Å². The van der Waals surface area contributed by atoms with Gasteiger partial charge in [0.1, 0.15) is 0 Å². The topological polar surface area (TPSA) is 60.2 Å². The summed E-state index contributed by atoms with van der Waals surface area (Å²) in [6, 6.07) is 2.95. The van der Waals surface area contributed by atoms with Gasteiger partial charge >= 0.3 is 0 Å². The van der Waals surface area contributed by atoms with Gasteiger partial charge in [0.05, 0.1) is 14.4 Å². The number of primary sulfonamides is 1. The number of rotatable bonds is 1. The Labute approximate surface area is 97.6 Å². The Hall–Kier alpha value is 0.380. The number of halogens is 3. The summed E-state index contributed by atoms with van der Waals surface area (Å²) in [5.74, 6) is 0. The minimum absolute atomic E-state index is 0.0353. The van der Waals surface area contributed by atoms with E-state index in [1.807, 2.05) is 0 Å². The molecule has 1 aromatic rings. The zero-order valence-corrected chi connectivity index (χ0v) is 10.8. The summed E-state index contributed by atoms with van der Waals surface area (Å²) >= 11 is 11.9. The Morgan fingerprint density at radius 3 is 2.31 bits per heavy atom. The molecule has 3 nitrogen and oxygen atoms in total. The second-order valence-electron chi connectivity index (χ2n) is 2.24. The van der Waals surface area contributed by atoms with Crippen molar-refractivity contribution in [1.82, 2.24) is 0 Å². The highest BCUT2D eigenvalue weighted by Crippen LogP contribution is 2.32. The molecule has 7 heteroatoms. The number of hydrogen-bond acceptors (Lipinski definition) is 2. The van der Waals surface area contributed by atoms with Gasteiger partial charge in [0.15, 0.2) is 0 Å². The molecule has 2 N–H and O–H groups in total. The van der Waals surface area contributed by atoms with Crippen LogP contribution in [0.25, 0.3) is 0 Å². The van der Waals surface area contributed by atoms with Crippen LogP contribution in [0.3, 0.4) is 0 Å². The molecule has 0 aliphatic rings. The van der Waals surface area contributed by atoms with Gasteiger partial charge in [0.2, 0.25) is 10.0 Å². The molecule has 0 spiro atoms. The molecule has 0 atom stereocenters. The zero-order valence-electron chi connectivity index (χ0n) is 6.09. The van der Waals surface area contributed by atoms with Crippen LogP contribution in [0, 0.1) is 0 Å². The molecule has 0 fully saturated rings. The van der Waals surface area contributed by atoms with Crippen LogP contribution in [0.15, 0.2) is 26.0 Å². The van der Waals surface area contributed by atoms with Gasteiger partial charge < -0.3 is 0 Å². The highest BCUT2D eigenvalue weighted by molar-refractivity contribution is 9.11. The molecule has 1 rings (SSSR count). The fourth-order valence-corrected chi connectivity index (χ4v) is 3.31. The average Bonchev–Trinajstić information content (AvgIpc) is 1.94. The Morgan fingerprint density at radius 1 is 1.31 bits per heavy atom. The van der Waals surface area contributed by atoms with Crippen molar-refractivity contribution in [1.29, 1.82) is 0 Å². The van der Waals surface area contributed by atoms with Crippen LogP contribution in [0.5, 0.6) is 0 Å². The highest BCUT2D eigenvalue weighted by Gasteiger charge is 2.15. The number of hydrogen-bond donors (Lipinski definition) is 1. The van der Waals surface area contributed by atoms with E-state index >= 15 is 0 Å². The first-order chi connectivity index (χ1) is 5.82. The normalized spacial score (nSPS) is 11.7. The minimum atomic E-state index is -3.74. The summed E-state index contributed by atoms with van der Waals surface area (Å²) in [7, 11) is -3.74. The SMILES string of the molecule is NS(=O)(=O)c1cc(Br)cc(Cl)c1Br. The van der Waals surface area contributed by atoms with E-state index < -0.39 is 10.0 Å². The molecule has 13 heavy (non-hydrogen) atoms. The van der Waals surface area contributed by atoms with Crippen molar-refractivity contribution in [3.05, 3.63) is 26.1 Å². The molecule has 0 aliphatic carbocycles. The highest BCUT2D eigenvalue weighted by atomic mass is 79.9. The third kappa shape index (κ3) is 2.66. The van der Waals surface area contributed by atoms with Crippen LogP contribution in [0.1, 0.15) is 0 Å². The second-order valence-corrected chi connectivity index (χ2v) is 5.89. The maximum Gasteiger partial charge on any atom is 0.239 e. The third-order valence-electron chi connectivity index (χ3n) is 1.27. The van der Waals surface area contributed by atoms with Crippen molar-refractivity contribution < 1.29 is 8.42 Å². The van der Waals surface area contributed by atoms with E-state index in [0.717, 1.165) is 0 Å². The molecule has 72 valence electrons. The van der Waals surface area contributed by atoms with Crippen LogP contribution in [0.4, 0.5) is 0 Å². The van der Waals surface area contributed by atoms with E-state index in [-0.39, 0.29) is 9.37 Å². The van der Waals surface area contributed by atoms with E-state index in [0.29, 0.717) is 9.50 Å². The van der Waals surface area contributed by atoms with Gasteiger partial charge in [0.25, 0.3) is 0 Å². The zero-order chi connectivity index (χ0) is 10.2. The Morgan fingerprint density at radius 2 is 1.85 bits per heavy atom. The third-order valence-corrected chi connectivity index (χ3v) is 4.30. The van der Waals surface area contributed by atoms with E-state index in [1.54, 1.807) is 6.07 Å². The molecule has 0 saturated carbocycles. The maximum absolute atomic E-state index is 11.0. The quantitative estimate of drug-likeness (QED) is 0.792. The van der Waals surface area contributed by atoms with Gasteiger partial charge in [-0.15, -0.1) is 0 Å². The summed E-state index contributed by atoms with van der Waals surface area (Å²) in [6.45, 7) is 0. The molecular weight excluding hydrogens is 345 g/mol. The predicted octanol–water partition coefficient (Wildman–Crippen LogP) is 2.51. The standard InChI is InChI=1S/C6H4Br2ClNO2S/c7-3-1-4(9)6(8)5(2-3)13(10,11)12/h1-2H,(H2,10,11,12). The Balaban J connectivity index is 3.56. The van der Waals surface area contributed by atoms with E-state index in [1.165, 1.54) is 6.07 Å². The van der Waals surface area contributed by atoms with Crippen molar-refractivity contribution in [2.24, 2.45) is 5.14 Å². The predicted molar refractivity (Wildman–Crippen MR) is 58.2 cm³/mol. The fourth-order valence-electron chi connectivity index (χ4n) is 0.739. The van der Waals surface area contributed by atoms with Crippen LogP contribution >= 0.6 is 43.5 Å². The lowest BCUT2D eigenvalue weighted by Gasteiger charge is -2.04. The van der Waals surface area contributed by atoms with Crippen molar-refractivity contribution in [2.45, 2.75) is 4.90 Å². The van der Waals surface area contributed by atoms with Crippen LogP contribution in [-0.4, -0.2) is 8.42 Å². The van der Waals surface area contributed by atoms with Gasteiger partial charge in [-0.2, -0.15) is 0 Å². The van der Waals surface area contributed by atoms with Gasteiger partial charge in [-0.25, -0.2) is 13.6 Å². The first kappa shape index (κ1) is 11.5. The lowest BCUT2D eigenvalue weighted by atomic mass is 10.4. The molecule has 0 bridgehead atoms. The first-order valence-electron chi connectivity index (χ1n) is 2.99. The Kier molecular flexibility index (Phi) is 3.40. The van der Waals surface area contributed by atoms with Crippen LogP contribution in [0.2, 0.25) is 5.02 Å². The number of sulfonamides is 1. The molecule has 0 aromatic heterocycles. The monoisotopic (exact) mass is 347 g/mol. The van der Waals surface area contributed by atoms with Crippen molar-refractivity contribution in [3.63, 3.8) is 0 Å². The summed E-state index contributed by atoms with van der Waals surface area (Å²) in [4.78, 5) is -0.0353. The lowest BCUT2D eigenvalue weighted by molar-refractivity contribution is 0.597. The molecular formula is C6H4Br2ClNO2S.